The van der Waals surface area contributed by atoms with Gasteiger partial charge in [-0.15, -0.1) is 0 Å². The van der Waals surface area contributed by atoms with E-state index in [1.165, 1.54) is 6.07 Å². The molecule has 0 radical (unpaired) electrons. The van der Waals surface area contributed by atoms with Crippen molar-refractivity contribution < 1.29 is 14.4 Å². The van der Waals surface area contributed by atoms with Gasteiger partial charge in [0.15, 0.2) is 5.52 Å². The van der Waals surface area contributed by atoms with E-state index in [2.05, 4.69) is 4.98 Å². The third-order valence-electron chi connectivity index (χ3n) is 4.60. The van der Waals surface area contributed by atoms with Crippen molar-refractivity contribution in [3.05, 3.63) is 76.8 Å². The largest absolute Gasteiger partial charge is 0.497 e. The number of nitrogens with zero attached hydrogens (tertiary/aromatic N) is 3. The Balaban J connectivity index is 0.00000132. The average Bonchev–Trinajstić information content (AvgIpc) is 2.84. The van der Waals surface area contributed by atoms with Gasteiger partial charge in [-0.1, -0.05) is 19.9 Å². The zero-order valence-electron chi connectivity index (χ0n) is 17.8. The molecule has 0 spiro atoms. The van der Waals surface area contributed by atoms with Crippen molar-refractivity contribution in [3.8, 4) is 34.0 Å². The van der Waals surface area contributed by atoms with E-state index in [4.69, 9.17) is 14.5 Å². The molecule has 0 aliphatic heterocycles. The van der Waals surface area contributed by atoms with Crippen LogP contribution < -0.4 is 9.47 Å². The average molecular weight is 417 g/mol. The minimum absolute atomic E-state index is 0.0777. The number of methoxy groups -OCH3 is 2. The Kier molecular flexibility index (Phi) is 6.77. The Morgan fingerprint density at radius 1 is 0.742 bits per heavy atom. The molecule has 0 N–H and O–H groups in total. The number of hydrogen-bond acceptors (Lipinski definition) is 6. The molecule has 0 saturated carbocycles. The Hall–Kier alpha value is -4.00. The zero-order valence-corrected chi connectivity index (χ0v) is 17.8. The first kappa shape index (κ1) is 21.7. The molecule has 31 heavy (non-hydrogen) atoms. The van der Waals surface area contributed by atoms with E-state index in [1.54, 1.807) is 26.4 Å². The quantitative estimate of drug-likeness (QED) is 0.296. The van der Waals surface area contributed by atoms with Crippen LogP contribution in [0.25, 0.3) is 33.5 Å². The van der Waals surface area contributed by atoms with Gasteiger partial charge in [0.25, 0.3) is 5.69 Å². The van der Waals surface area contributed by atoms with Crippen molar-refractivity contribution in [2.24, 2.45) is 0 Å². The number of nitro groups is 1. The van der Waals surface area contributed by atoms with E-state index >= 15 is 0 Å². The molecule has 1 heterocycles. The van der Waals surface area contributed by atoms with Gasteiger partial charge in [0.05, 0.1) is 36.0 Å². The van der Waals surface area contributed by atoms with E-state index in [9.17, 15) is 10.1 Å². The van der Waals surface area contributed by atoms with Gasteiger partial charge in [-0.3, -0.25) is 10.1 Å². The fourth-order valence-corrected chi connectivity index (χ4v) is 3.11. The van der Waals surface area contributed by atoms with Crippen LogP contribution in [0.1, 0.15) is 13.8 Å². The number of para-hydroxylation sites is 1. The van der Waals surface area contributed by atoms with Crippen LogP contribution in [-0.4, -0.2) is 29.1 Å². The maximum atomic E-state index is 11.5. The number of aromatic nitrogens is 2. The van der Waals surface area contributed by atoms with Crippen LogP contribution in [0, 0.1) is 10.1 Å². The number of fused-ring (bicyclic) bond motifs is 1. The number of hydrogen-bond donors (Lipinski definition) is 0. The summed E-state index contributed by atoms with van der Waals surface area (Å²) in [7, 11) is 3.20. The van der Waals surface area contributed by atoms with Gasteiger partial charge in [0.2, 0.25) is 0 Å². The predicted octanol–water partition coefficient (Wildman–Crippen LogP) is 5.92. The van der Waals surface area contributed by atoms with Gasteiger partial charge in [0.1, 0.15) is 11.5 Å². The summed E-state index contributed by atoms with van der Waals surface area (Å²) in [5, 5.41) is 11.5. The molecule has 0 fully saturated rings. The first-order valence-corrected chi connectivity index (χ1v) is 9.84. The Bertz CT molecular complexity index is 1190. The fraction of sp³-hybridized carbons (Fsp3) is 0.167. The van der Waals surface area contributed by atoms with Gasteiger partial charge in [-0.25, -0.2) is 9.97 Å². The van der Waals surface area contributed by atoms with Crippen molar-refractivity contribution in [3.63, 3.8) is 0 Å². The zero-order chi connectivity index (χ0) is 22.4. The summed E-state index contributed by atoms with van der Waals surface area (Å²) in [6.07, 6.45) is 0. The lowest BCUT2D eigenvalue weighted by molar-refractivity contribution is -0.383. The number of nitro benzene ring substituents is 1. The van der Waals surface area contributed by atoms with Crippen LogP contribution in [-0.2, 0) is 0 Å². The number of non-ortho nitro benzene ring substituents is 1. The lowest BCUT2D eigenvalue weighted by Crippen LogP contribution is -1.99. The van der Waals surface area contributed by atoms with Crippen LogP contribution in [0.15, 0.2) is 66.7 Å². The molecule has 0 bridgehead atoms. The second-order valence-electron chi connectivity index (χ2n) is 6.28. The summed E-state index contributed by atoms with van der Waals surface area (Å²) < 4.78 is 10.5. The standard InChI is InChI=1S/C22H17N3O4.C2H6/c1-28-16-10-6-14(7-11-16)20-21(15-8-12-17(29-2)13-9-15)24-22-18(23-20)4-3-5-19(22)25(26)27;1-2/h3-13H,1-2H3;1-2H3. The van der Waals surface area contributed by atoms with E-state index < -0.39 is 4.92 Å². The lowest BCUT2D eigenvalue weighted by atomic mass is 10.0. The summed E-state index contributed by atoms with van der Waals surface area (Å²) >= 11 is 0. The third kappa shape index (κ3) is 4.45. The van der Waals surface area contributed by atoms with Gasteiger partial charge in [-0.05, 0) is 54.6 Å². The van der Waals surface area contributed by atoms with Crippen LogP contribution in [0.5, 0.6) is 11.5 Å². The molecular weight excluding hydrogens is 394 g/mol. The molecule has 3 aromatic carbocycles. The molecule has 0 aliphatic carbocycles. The maximum absolute atomic E-state index is 11.5. The van der Waals surface area contributed by atoms with Crippen LogP contribution in [0.2, 0.25) is 0 Å². The molecular formula is C24H23N3O4. The van der Waals surface area contributed by atoms with Gasteiger partial charge >= 0.3 is 0 Å². The summed E-state index contributed by atoms with van der Waals surface area (Å²) in [5.74, 6) is 1.43. The molecule has 0 unspecified atom stereocenters. The molecule has 1 aromatic heterocycles. The second kappa shape index (κ2) is 9.67. The van der Waals surface area contributed by atoms with Crippen molar-refractivity contribution in [2.75, 3.05) is 14.2 Å². The maximum Gasteiger partial charge on any atom is 0.297 e. The molecule has 4 aromatic rings. The highest BCUT2D eigenvalue weighted by Gasteiger charge is 2.19. The monoisotopic (exact) mass is 417 g/mol. The normalized spacial score (nSPS) is 10.2. The fourth-order valence-electron chi connectivity index (χ4n) is 3.11. The first-order chi connectivity index (χ1) is 15.1. The predicted molar refractivity (Wildman–Crippen MR) is 122 cm³/mol. The molecule has 158 valence electrons. The van der Waals surface area contributed by atoms with Crippen molar-refractivity contribution in [1.29, 1.82) is 0 Å². The smallest absolute Gasteiger partial charge is 0.297 e. The summed E-state index contributed by atoms with van der Waals surface area (Å²) in [6, 6.07) is 19.6. The molecule has 7 nitrogen and oxygen atoms in total. The molecule has 0 saturated heterocycles. The van der Waals surface area contributed by atoms with Gasteiger partial charge < -0.3 is 9.47 Å². The summed E-state index contributed by atoms with van der Waals surface area (Å²) in [6.45, 7) is 4.00. The van der Waals surface area contributed by atoms with Crippen LogP contribution >= 0.6 is 0 Å². The number of benzene rings is 3. The Morgan fingerprint density at radius 2 is 1.23 bits per heavy atom. The van der Waals surface area contributed by atoms with Gasteiger partial charge in [0, 0.05) is 17.2 Å². The van der Waals surface area contributed by atoms with E-state index in [0.29, 0.717) is 22.7 Å². The molecule has 0 aliphatic rings. The molecule has 7 heteroatoms. The third-order valence-corrected chi connectivity index (χ3v) is 4.60. The first-order valence-electron chi connectivity index (χ1n) is 9.84. The van der Waals surface area contributed by atoms with E-state index in [-0.39, 0.29) is 11.2 Å². The highest BCUT2D eigenvalue weighted by Crippen LogP contribution is 2.34. The highest BCUT2D eigenvalue weighted by molar-refractivity contribution is 5.90. The van der Waals surface area contributed by atoms with Crippen molar-refractivity contribution >= 4 is 16.7 Å². The summed E-state index contributed by atoms with van der Waals surface area (Å²) in [5.41, 5.74) is 3.43. The Labute approximate surface area is 180 Å². The highest BCUT2D eigenvalue weighted by atomic mass is 16.6. The minimum atomic E-state index is -0.443. The SMILES string of the molecule is CC.COc1ccc(-c2nc3cccc([N+](=O)[O-])c3nc2-c2ccc(OC)cc2)cc1. The molecule has 0 amide bonds. The molecule has 0 atom stereocenters. The van der Waals surface area contributed by atoms with Crippen LogP contribution in [0.3, 0.4) is 0 Å². The summed E-state index contributed by atoms with van der Waals surface area (Å²) in [4.78, 5) is 20.4. The van der Waals surface area contributed by atoms with Gasteiger partial charge in [-0.2, -0.15) is 0 Å². The topological polar surface area (TPSA) is 87.4 Å². The minimum Gasteiger partial charge on any atom is -0.497 e. The van der Waals surface area contributed by atoms with E-state index in [1.807, 2.05) is 62.4 Å². The van der Waals surface area contributed by atoms with Crippen molar-refractivity contribution in [2.45, 2.75) is 13.8 Å². The van der Waals surface area contributed by atoms with E-state index in [0.717, 1.165) is 16.9 Å². The number of rotatable bonds is 5. The molecule has 4 rings (SSSR count). The number of ether oxygens (including phenoxy) is 2. The lowest BCUT2D eigenvalue weighted by Gasteiger charge is -2.11. The Morgan fingerprint density at radius 3 is 1.68 bits per heavy atom. The van der Waals surface area contributed by atoms with Crippen LogP contribution in [0.4, 0.5) is 5.69 Å². The van der Waals surface area contributed by atoms with Crippen molar-refractivity contribution in [1.82, 2.24) is 9.97 Å². The second-order valence-corrected chi connectivity index (χ2v) is 6.28.